The van der Waals surface area contributed by atoms with E-state index in [0.29, 0.717) is 18.3 Å². The highest BCUT2D eigenvalue weighted by Crippen LogP contribution is 2.31. The molecule has 34 heavy (non-hydrogen) atoms. The van der Waals surface area contributed by atoms with E-state index in [1.54, 1.807) is 0 Å². The summed E-state index contributed by atoms with van der Waals surface area (Å²) in [4.78, 5) is 17.7. The predicted molar refractivity (Wildman–Crippen MR) is 130 cm³/mol. The summed E-state index contributed by atoms with van der Waals surface area (Å²) >= 11 is 1.32. The second-order valence-corrected chi connectivity index (χ2v) is 11.0. The zero-order chi connectivity index (χ0) is 23.7. The number of aryl methyl sites for hydroxylation is 2. The van der Waals surface area contributed by atoms with Crippen molar-refractivity contribution in [3.05, 3.63) is 58.5 Å². The van der Waals surface area contributed by atoms with Crippen molar-refractivity contribution in [1.29, 1.82) is 0 Å². The lowest BCUT2D eigenvalue weighted by Gasteiger charge is -2.26. The van der Waals surface area contributed by atoms with Gasteiger partial charge < -0.3 is 9.47 Å². The number of benzene rings is 2. The Bertz CT molecular complexity index is 1330. The number of thiazole rings is 1. The Morgan fingerprint density at radius 1 is 1.12 bits per heavy atom. The highest BCUT2D eigenvalue weighted by molar-refractivity contribution is 7.89. The fourth-order valence-electron chi connectivity index (χ4n) is 4.32. The Morgan fingerprint density at radius 3 is 2.71 bits per heavy atom. The molecular weight excluding hydrogens is 474 g/mol. The van der Waals surface area contributed by atoms with Gasteiger partial charge in [-0.1, -0.05) is 12.1 Å². The minimum atomic E-state index is -3.75. The monoisotopic (exact) mass is 499 g/mol. The molecule has 10 heteroatoms. The lowest BCUT2D eigenvalue weighted by atomic mass is 10.1. The van der Waals surface area contributed by atoms with Crippen LogP contribution in [0.1, 0.15) is 27.9 Å². The topological polar surface area (TPSA) is 97.8 Å². The third-order valence-corrected chi connectivity index (χ3v) is 8.79. The van der Waals surface area contributed by atoms with Crippen molar-refractivity contribution in [1.82, 2.24) is 9.29 Å². The first-order valence-electron chi connectivity index (χ1n) is 11.1. The van der Waals surface area contributed by atoms with Gasteiger partial charge in [0.2, 0.25) is 10.0 Å². The van der Waals surface area contributed by atoms with Crippen LogP contribution in [0.2, 0.25) is 0 Å². The summed E-state index contributed by atoms with van der Waals surface area (Å²) in [6.07, 6.45) is 3.38. The molecule has 178 valence electrons. The summed E-state index contributed by atoms with van der Waals surface area (Å²) < 4.78 is 38.0. The largest absolute Gasteiger partial charge is 0.496 e. The van der Waals surface area contributed by atoms with E-state index in [1.807, 2.05) is 5.38 Å². The van der Waals surface area contributed by atoms with Crippen molar-refractivity contribution < 1.29 is 22.7 Å². The average molecular weight is 500 g/mol. The maximum absolute atomic E-state index is 13.1. The van der Waals surface area contributed by atoms with Crippen molar-refractivity contribution in [2.75, 3.05) is 38.7 Å². The zero-order valence-electron chi connectivity index (χ0n) is 18.7. The molecule has 5 rings (SSSR count). The Balaban J connectivity index is 1.38. The van der Waals surface area contributed by atoms with Gasteiger partial charge in [0.1, 0.15) is 5.75 Å². The standard InChI is InChI=1S/C24H25N3O5S2/c1-31-22-8-7-19(34(29,30)27-9-11-32-12-10-27)14-20(22)23(28)26-24-25-21(15-33-24)18-6-5-16-3-2-4-17(16)13-18/h5-8,13-15H,2-4,9-12H2,1H3,(H,25,26,28). The first-order chi connectivity index (χ1) is 16.5. The van der Waals surface area contributed by atoms with Crippen LogP contribution in [0.25, 0.3) is 11.3 Å². The first-order valence-corrected chi connectivity index (χ1v) is 13.4. The number of nitrogens with zero attached hydrogens (tertiary/aromatic N) is 2. The van der Waals surface area contributed by atoms with Crippen molar-refractivity contribution in [3.8, 4) is 17.0 Å². The molecule has 0 unspecified atom stereocenters. The summed E-state index contributed by atoms with van der Waals surface area (Å²) in [7, 11) is -2.31. The molecule has 1 amide bonds. The molecule has 1 N–H and O–H groups in total. The number of anilines is 1. The Hall–Kier alpha value is -2.79. The van der Waals surface area contributed by atoms with Crippen LogP contribution in [0, 0.1) is 0 Å². The van der Waals surface area contributed by atoms with E-state index in [1.165, 1.54) is 58.5 Å². The van der Waals surface area contributed by atoms with E-state index in [4.69, 9.17) is 9.47 Å². The van der Waals surface area contributed by atoms with E-state index in [2.05, 4.69) is 28.5 Å². The minimum Gasteiger partial charge on any atom is -0.496 e. The normalized spacial score (nSPS) is 16.3. The quantitative estimate of drug-likeness (QED) is 0.557. The number of hydrogen-bond acceptors (Lipinski definition) is 7. The molecule has 2 aromatic carbocycles. The van der Waals surface area contributed by atoms with Gasteiger partial charge in [-0.15, -0.1) is 11.3 Å². The van der Waals surface area contributed by atoms with Gasteiger partial charge in [0.15, 0.2) is 5.13 Å². The van der Waals surface area contributed by atoms with E-state index in [9.17, 15) is 13.2 Å². The van der Waals surface area contributed by atoms with Crippen molar-refractivity contribution >= 4 is 32.4 Å². The number of morpholine rings is 1. The third-order valence-electron chi connectivity index (χ3n) is 6.14. The summed E-state index contributed by atoms with van der Waals surface area (Å²) in [6.45, 7) is 1.25. The number of carbonyl (C=O) groups is 1. The van der Waals surface area contributed by atoms with Gasteiger partial charge in [0.25, 0.3) is 5.91 Å². The van der Waals surface area contributed by atoms with E-state index >= 15 is 0 Å². The molecule has 1 aromatic heterocycles. The molecule has 3 aromatic rings. The average Bonchev–Trinajstić information content (AvgIpc) is 3.53. The predicted octanol–water partition coefficient (Wildman–Crippen LogP) is 3.58. The number of aromatic nitrogens is 1. The molecule has 0 radical (unpaired) electrons. The van der Waals surface area contributed by atoms with Crippen molar-refractivity contribution in [2.24, 2.45) is 0 Å². The van der Waals surface area contributed by atoms with Crippen LogP contribution in [0.4, 0.5) is 5.13 Å². The second-order valence-electron chi connectivity index (χ2n) is 8.21. The van der Waals surface area contributed by atoms with Crippen molar-refractivity contribution in [3.63, 3.8) is 0 Å². The molecule has 0 spiro atoms. The number of amides is 1. The summed E-state index contributed by atoms with van der Waals surface area (Å²) in [6, 6.07) is 10.7. The number of fused-ring (bicyclic) bond motifs is 1. The molecule has 2 heterocycles. The number of ether oxygens (including phenoxy) is 2. The molecule has 1 aliphatic carbocycles. The highest BCUT2D eigenvalue weighted by atomic mass is 32.2. The number of methoxy groups -OCH3 is 1. The second kappa shape index (κ2) is 9.46. The highest BCUT2D eigenvalue weighted by Gasteiger charge is 2.28. The molecule has 8 nitrogen and oxygen atoms in total. The zero-order valence-corrected chi connectivity index (χ0v) is 20.4. The fourth-order valence-corrected chi connectivity index (χ4v) is 6.47. The maximum atomic E-state index is 13.1. The van der Waals surface area contributed by atoms with Crippen LogP contribution in [-0.4, -0.2) is 57.0 Å². The third kappa shape index (κ3) is 4.46. The molecule has 1 aliphatic heterocycles. The smallest absolute Gasteiger partial charge is 0.261 e. The van der Waals surface area contributed by atoms with E-state index < -0.39 is 15.9 Å². The lowest BCUT2D eigenvalue weighted by Crippen LogP contribution is -2.40. The molecule has 1 fully saturated rings. The van der Waals surface area contributed by atoms with Gasteiger partial charge in [-0.25, -0.2) is 13.4 Å². The van der Waals surface area contributed by atoms with E-state index in [0.717, 1.165) is 24.1 Å². The Kier molecular flexibility index (Phi) is 6.39. The summed E-state index contributed by atoms with van der Waals surface area (Å²) in [5.74, 6) is -0.195. The fraction of sp³-hybridized carbons (Fsp3) is 0.333. The van der Waals surface area contributed by atoms with Crippen LogP contribution in [0.15, 0.2) is 46.7 Å². The Labute approximate surface area is 202 Å². The minimum absolute atomic E-state index is 0.0401. The van der Waals surface area contributed by atoms with Gasteiger partial charge in [-0.05, 0) is 54.7 Å². The summed E-state index contributed by atoms with van der Waals surface area (Å²) in [5.41, 5.74) is 4.70. The van der Waals surface area contributed by atoms with Gasteiger partial charge in [0.05, 0.1) is 36.5 Å². The Morgan fingerprint density at radius 2 is 1.91 bits per heavy atom. The van der Waals surface area contributed by atoms with Crippen LogP contribution in [0.5, 0.6) is 5.75 Å². The SMILES string of the molecule is COc1ccc(S(=O)(=O)N2CCOCC2)cc1C(=O)Nc1nc(-c2ccc3c(c2)CCC3)cs1. The number of sulfonamides is 1. The molecule has 0 atom stereocenters. The van der Waals surface area contributed by atoms with Crippen LogP contribution in [-0.2, 0) is 27.6 Å². The van der Waals surface area contributed by atoms with Crippen molar-refractivity contribution in [2.45, 2.75) is 24.2 Å². The van der Waals surface area contributed by atoms with Gasteiger partial charge in [-0.3, -0.25) is 10.1 Å². The van der Waals surface area contributed by atoms with Gasteiger partial charge in [-0.2, -0.15) is 4.31 Å². The van der Waals surface area contributed by atoms with Gasteiger partial charge >= 0.3 is 0 Å². The van der Waals surface area contributed by atoms with Crippen LogP contribution >= 0.6 is 11.3 Å². The number of hydrogen-bond donors (Lipinski definition) is 1. The van der Waals surface area contributed by atoms with Gasteiger partial charge in [0, 0.05) is 24.0 Å². The molecule has 0 bridgehead atoms. The molecule has 2 aliphatic rings. The first kappa shape index (κ1) is 23.0. The summed E-state index contributed by atoms with van der Waals surface area (Å²) in [5, 5.41) is 5.13. The number of carbonyl (C=O) groups excluding carboxylic acids is 1. The number of rotatable bonds is 6. The van der Waals surface area contributed by atoms with Crippen LogP contribution in [0.3, 0.4) is 0 Å². The van der Waals surface area contributed by atoms with E-state index in [-0.39, 0.29) is 29.3 Å². The lowest BCUT2D eigenvalue weighted by molar-refractivity contribution is 0.0730. The molecule has 0 saturated carbocycles. The number of nitrogens with one attached hydrogen (secondary N) is 1. The molecule has 1 saturated heterocycles. The molecular formula is C24H25N3O5S2. The van der Waals surface area contributed by atoms with Crippen LogP contribution < -0.4 is 10.1 Å². The maximum Gasteiger partial charge on any atom is 0.261 e.